The van der Waals surface area contributed by atoms with E-state index in [1.165, 1.54) is 0 Å². The molecule has 2 heterocycles. The molecule has 3 rings (SSSR count). The zero-order chi connectivity index (χ0) is 18.4. The van der Waals surface area contributed by atoms with Crippen LogP contribution in [0.5, 0.6) is 0 Å². The van der Waals surface area contributed by atoms with Gasteiger partial charge in [-0.1, -0.05) is 29.8 Å². The first-order valence-corrected chi connectivity index (χ1v) is 9.19. The number of rotatable bonds is 7. The van der Waals surface area contributed by atoms with Gasteiger partial charge in [0.15, 0.2) is 5.11 Å². The molecule has 6 nitrogen and oxygen atoms in total. The Balaban J connectivity index is 1.42. The largest absolute Gasteiger partial charge is 0.362 e. The second-order valence-corrected chi connectivity index (χ2v) is 6.79. The van der Waals surface area contributed by atoms with Crippen LogP contribution in [-0.2, 0) is 13.1 Å². The monoisotopic (exact) mass is 388 g/mol. The van der Waals surface area contributed by atoms with Gasteiger partial charge in [0.25, 0.3) is 0 Å². The van der Waals surface area contributed by atoms with Gasteiger partial charge in [-0.15, -0.1) is 0 Å². The van der Waals surface area contributed by atoms with Crippen molar-refractivity contribution in [2.75, 3.05) is 11.9 Å². The molecule has 0 fully saturated rings. The normalized spacial score (nSPS) is 10.7. The van der Waals surface area contributed by atoms with Gasteiger partial charge in [0.1, 0.15) is 0 Å². The molecule has 1 aromatic carbocycles. The molecule has 136 valence electrons. The summed E-state index contributed by atoms with van der Waals surface area (Å²) in [5.74, 6) is 0. The van der Waals surface area contributed by atoms with Crippen LogP contribution in [0.2, 0.25) is 5.02 Å². The van der Waals surface area contributed by atoms with E-state index in [2.05, 4.69) is 20.8 Å². The Morgan fingerprint density at radius 1 is 1.23 bits per heavy atom. The second-order valence-electron chi connectivity index (χ2n) is 5.97. The van der Waals surface area contributed by atoms with Crippen molar-refractivity contribution in [2.24, 2.45) is 0 Å². The van der Waals surface area contributed by atoms with E-state index in [9.17, 15) is 0 Å². The Hall–Kier alpha value is -2.38. The molecule has 0 amide bonds. The Morgan fingerprint density at radius 2 is 2.08 bits per heavy atom. The molecule has 0 saturated carbocycles. The average Bonchev–Trinajstić information content (AvgIpc) is 3.23. The number of nitrogens with zero attached hydrogens (tertiary/aromatic N) is 4. The van der Waals surface area contributed by atoms with Crippen molar-refractivity contribution in [3.63, 3.8) is 0 Å². The summed E-state index contributed by atoms with van der Waals surface area (Å²) in [5, 5.41) is 16.4. The third-order valence-electron chi connectivity index (χ3n) is 3.80. The minimum Gasteiger partial charge on any atom is -0.362 e. The molecule has 2 aromatic heterocycles. The van der Waals surface area contributed by atoms with E-state index in [0.717, 1.165) is 41.5 Å². The minimum absolute atomic E-state index is 0.582. The van der Waals surface area contributed by atoms with Gasteiger partial charge in [-0.3, -0.25) is 9.36 Å². The van der Waals surface area contributed by atoms with Crippen LogP contribution in [0.15, 0.2) is 48.9 Å². The molecule has 0 spiro atoms. The number of hydrogen-bond acceptors (Lipinski definition) is 3. The van der Waals surface area contributed by atoms with Gasteiger partial charge < -0.3 is 10.6 Å². The van der Waals surface area contributed by atoms with Crippen molar-refractivity contribution >= 4 is 34.6 Å². The van der Waals surface area contributed by atoms with Crippen LogP contribution in [0.4, 0.5) is 5.69 Å². The van der Waals surface area contributed by atoms with Crippen molar-refractivity contribution in [1.82, 2.24) is 24.9 Å². The minimum atomic E-state index is 0.582. The van der Waals surface area contributed by atoms with Gasteiger partial charge in [-0.25, -0.2) is 0 Å². The predicted molar refractivity (Wildman–Crippen MR) is 109 cm³/mol. The van der Waals surface area contributed by atoms with Crippen LogP contribution >= 0.6 is 23.8 Å². The lowest BCUT2D eigenvalue weighted by molar-refractivity contribution is 0.570. The third kappa shape index (κ3) is 5.31. The van der Waals surface area contributed by atoms with E-state index in [1.54, 1.807) is 6.20 Å². The molecule has 0 atom stereocenters. The number of anilines is 1. The molecule has 0 bridgehead atoms. The average molecular weight is 389 g/mol. The smallest absolute Gasteiger partial charge is 0.170 e. The molecule has 3 aromatic rings. The zero-order valence-electron chi connectivity index (χ0n) is 14.5. The van der Waals surface area contributed by atoms with Crippen LogP contribution < -0.4 is 10.6 Å². The highest BCUT2D eigenvalue weighted by Gasteiger charge is 2.04. The lowest BCUT2D eigenvalue weighted by Crippen LogP contribution is -2.29. The van der Waals surface area contributed by atoms with Gasteiger partial charge >= 0.3 is 0 Å². The maximum Gasteiger partial charge on any atom is 0.170 e. The Labute approximate surface area is 163 Å². The highest BCUT2D eigenvalue weighted by molar-refractivity contribution is 7.80. The summed E-state index contributed by atoms with van der Waals surface area (Å²) in [7, 11) is 0. The Kier molecular flexibility index (Phi) is 6.25. The van der Waals surface area contributed by atoms with Crippen molar-refractivity contribution in [1.29, 1.82) is 0 Å². The van der Waals surface area contributed by atoms with E-state index in [4.69, 9.17) is 23.8 Å². The summed E-state index contributed by atoms with van der Waals surface area (Å²) in [5.41, 5.74) is 2.90. The van der Waals surface area contributed by atoms with Crippen molar-refractivity contribution in [3.05, 3.63) is 65.2 Å². The molecule has 0 radical (unpaired) electrons. The molecule has 0 unspecified atom stereocenters. The number of aromatic nitrogens is 4. The first-order chi connectivity index (χ1) is 12.6. The molecular formula is C18H21ClN6S. The molecule has 26 heavy (non-hydrogen) atoms. The first kappa shape index (κ1) is 18.4. The summed E-state index contributed by atoms with van der Waals surface area (Å²) in [4.78, 5) is 0. The lowest BCUT2D eigenvalue weighted by Gasteiger charge is -2.09. The van der Waals surface area contributed by atoms with E-state index in [0.29, 0.717) is 11.7 Å². The van der Waals surface area contributed by atoms with Crippen LogP contribution in [-0.4, -0.2) is 31.2 Å². The fourth-order valence-corrected chi connectivity index (χ4v) is 2.94. The molecule has 0 saturated heterocycles. The lowest BCUT2D eigenvalue weighted by atomic mass is 10.2. The molecule has 0 aliphatic rings. The maximum atomic E-state index is 6.19. The van der Waals surface area contributed by atoms with Gasteiger partial charge in [-0.05, 0) is 43.3 Å². The number of aryl methyl sites for hydroxylation is 2. The maximum absolute atomic E-state index is 6.19. The summed E-state index contributed by atoms with van der Waals surface area (Å²) in [6, 6.07) is 9.75. The number of hydrogen-bond donors (Lipinski definition) is 2. The predicted octanol–water partition coefficient (Wildman–Crippen LogP) is 3.47. The molecule has 2 N–H and O–H groups in total. The fraction of sp³-hybridized carbons (Fsp3) is 0.278. The summed E-state index contributed by atoms with van der Waals surface area (Å²) in [6.45, 7) is 4.24. The number of halogens is 1. The molecular weight excluding hydrogens is 368 g/mol. The SMILES string of the molecule is Cc1ccn(CCCNC(=S)Nc2cnn(Cc3ccccc3Cl)c2)n1. The van der Waals surface area contributed by atoms with Crippen LogP contribution in [0.25, 0.3) is 0 Å². The third-order valence-corrected chi connectivity index (χ3v) is 4.42. The van der Waals surface area contributed by atoms with Gasteiger partial charge in [0.05, 0.1) is 24.1 Å². The molecule has 8 heteroatoms. The zero-order valence-corrected chi connectivity index (χ0v) is 16.1. The van der Waals surface area contributed by atoms with Crippen LogP contribution in [0.1, 0.15) is 17.7 Å². The van der Waals surface area contributed by atoms with Crippen molar-refractivity contribution in [2.45, 2.75) is 26.4 Å². The first-order valence-electron chi connectivity index (χ1n) is 8.41. The Bertz CT molecular complexity index is 872. The molecule has 0 aliphatic heterocycles. The van der Waals surface area contributed by atoms with E-state index < -0.39 is 0 Å². The van der Waals surface area contributed by atoms with Crippen molar-refractivity contribution in [3.8, 4) is 0 Å². The van der Waals surface area contributed by atoms with E-state index in [-0.39, 0.29) is 0 Å². The quantitative estimate of drug-likeness (QED) is 0.479. The number of benzene rings is 1. The molecule has 0 aliphatic carbocycles. The highest BCUT2D eigenvalue weighted by Crippen LogP contribution is 2.16. The summed E-state index contributed by atoms with van der Waals surface area (Å²) >= 11 is 11.5. The van der Waals surface area contributed by atoms with Gasteiger partial charge in [0, 0.05) is 30.5 Å². The summed E-state index contributed by atoms with van der Waals surface area (Å²) in [6.07, 6.45) is 6.58. The number of nitrogens with one attached hydrogen (secondary N) is 2. The standard InChI is InChI=1S/C18H21ClN6S/c1-14-7-10-24(23-14)9-4-8-20-18(26)22-16-11-21-25(13-16)12-15-5-2-3-6-17(15)19/h2-3,5-7,10-11,13H,4,8-9,12H2,1H3,(H2,20,22,26). The highest BCUT2D eigenvalue weighted by atomic mass is 35.5. The van der Waals surface area contributed by atoms with Crippen molar-refractivity contribution < 1.29 is 0 Å². The van der Waals surface area contributed by atoms with E-state index >= 15 is 0 Å². The van der Waals surface area contributed by atoms with Crippen LogP contribution in [0, 0.1) is 6.92 Å². The number of thiocarbonyl (C=S) groups is 1. The Morgan fingerprint density at radius 3 is 2.85 bits per heavy atom. The fourth-order valence-electron chi connectivity index (χ4n) is 2.52. The van der Waals surface area contributed by atoms with Gasteiger partial charge in [-0.2, -0.15) is 10.2 Å². The summed E-state index contributed by atoms with van der Waals surface area (Å²) < 4.78 is 3.76. The van der Waals surface area contributed by atoms with E-state index in [1.807, 2.05) is 59.0 Å². The topological polar surface area (TPSA) is 59.7 Å². The van der Waals surface area contributed by atoms with Crippen LogP contribution in [0.3, 0.4) is 0 Å². The second kappa shape index (κ2) is 8.82. The van der Waals surface area contributed by atoms with Gasteiger partial charge in [0.2, 0.25) is 0 Å².